The van der Waals surface area contributed by atoms with Gasteiger partial charge < -0.3 is 19.3 Å². The highest BCUT2D eigenvalue weighted by molar-refractivity contribution is 5.85. The van der Waals surface area contributed by atoms with Crippen LogP contribution in [-0.4, -0.2) is 37.0 Å². The summed E-state index contributed by atoms with van der Waals surface area (Å²) in [5.74, 6) is -1.68. The molecule has 0 aliphatic heterocycles. The molecule has 194 valence electrons. The molecule has 7 nitrogen and oxygen atoms in total. The molecule has 0 unspecified atom stereocenters. The van der Waals surface area contributed by atoms with Crippen LogP contribution in [0.5, 0.6) is 5.75 Å². The molecule has 1 amide bonds. The Morgan fingerprint density at radius 3 is 2.53 bits per heavy atom. The molecule has 0 saturated heterocycles. The normalized spacial score (nSPS) is 12.9. The van der Waals surface area contributed by atoms with E-state index in [1.165, 1.54) is 6.08 Å². The average molecular weight is 504 g/mol. The molecule has 0 aliphatic carbocycles. The van der Waals surface area contributed by atoms with Crippen molar-refractivity contribution in [3.8, 4) is 5.75 Å². The average Bonchev–Trinajstić information content (AvgIpc) is 2.85. The van der Waals surface area contributed by atoms with Gasteiger partial charge in [0.05, 0.1) is 18.9 Å². The van der Waals surface area contributed by atoms with E-state index in [1.54, 1.807) is 43.3 Å². The fourth-order valence-corrected chi connectivity index (χ4v) is 3.29. The summed E-state index contributed by atoms with van der Waals surface area (Å²) >= 11 is 0. The number of hydrogen-bond acceptors (Lipinski definition) is 6. The van der Waals surface area contributed by atoms with Crippen molar-refractivity contribution in [1.82, 2.24) is 0 Å². The Morgan fingerprint density at radius 2 is 1.86 bits per heavy atom. The van der Waals surface area contributed by atoms with Crippen LogP contribution in [0.2, 0.25) is 0 Å². The van der Waals surface area contributed by atoms with Crippen molar-refractivity contribution in [1.29, 1.82) is 0 Å². The van der Waals surface area contributed by atoms with E-state index >= 15 is 0 Å². The summed E-state index contributed by atoms with van der Waals surface area (Å²) in [5, 5.41) is 11.2. The van der Waals surface area contributed by atoms with E-state index in [9.17, 15) is 18.4 Å². The number of aliphatic hydroxyl groups is 1. The Hall–Kier alpha value is -3.72. The lowest BCUT2D eigenvalue weighted by Gasteiger charge is -2.25. The number of ether oxygens (including phenoxy) is 3. The summed E-state index contributed by atoms with van der Waals surface area (Å²) in [4.78, 5) is 23.9. The second kappa shape index (κ2) is 15.3. The van der Waals surface area contributed by atoms with Crippen LogP contribution in [-0.2, 0) is 14.3 Å². The molecule has 0 bridgehead atoms. The molecule has 2 aromatic rings. The van der Waals surface area contributed by atoms with Gasteiger partial charge in [0.2, 0.25) is 0 Å². The van der Waals surface area contributed by atoms with Gasteiger partial charge in [0, 0.05) is 12.1 Å². The second-order valence-electron chi connectivity index (χ2n) is 7.81. The highest BCUT2D eigenvalue weighted by Gasteiger charge is 2.24. The summed E-state index contributed by atoms with van der Waals surface area (Å²) in [5.41, 5.74) is 0.497. The third-order valence-electron chi connectivity index (χ3n) is 5.04. The number of allylic oxidation sites excluding steroid dienone is 3. The van der Waals surface area contributed by atoms with E-state index in [0.29, 0.717) is 36.8 Å². The maximum absolute atomic E-state index is 14.0. The van der Waals surface area contributed by atoms with Crippen LogP contribution in [0.15, 0.2) is 66.8 Å². The lowest BCUT2D eigenvalue weighted by molar-refractivity contribution is -0.137. The Balaban J connectivity index is 2.08. The van der Waals surface area contributed by atoms with Crippen LogP contribution in [0, 0.1) is 17.6 Å². The molecule has 0 aliphatic rings. The topological polar surface area (TPSA) is 94.1 Å². The number of carbonyl (C=O) groups excluding carboxylic acids is 2. The van der Waals surface area contributed by atoms with E-state index in [0.717, 1.165) is 12.1 Å². The summed E-state index contributed by atoms with van der Waals surface area (Å²) in [6, 6.07) is 9.72. The van der Waals surface area contributed by atoms with Crippen LogP contribution in [0.1, 0.15) is 38.4 Å². The van der Waals surface area contributed by atoms with Crippen molar-refractivity contribution < 1.29 is 37.7 Å². The molecule has 2 atom stereocenters. The van der Waals surface area contributed by atoms with Crippen LogP contribution < -0.4 is 10.1 Å². The fraction of sp³-hybridized carbons (Fsp3) is 0.333. The molecule has 0 fully saturated rings. The predicted molar refractivity (Wildman–Crippen MR) is 132 cm³/mol. The van der Waals surface area contributed by atoms with Crippen LogP contribution >= 0.6 is 0 Å². The molecule has 2 N–H and O–H groups in total. The van der Waals surface area contributed by atoms with Gasteiger partial charge in [-0.1, -0.05) is 37.3 Å². The summed E-state index contributed by atoms with van der Waals surface area (Å²) in [6.45, 7) is 3.98. The van der Waals surface area contributed by atoms with Crippen LogP contribution in [0.4, 0.5) is 19.3 Å². The minimum Gasteiger partial charge on any atom is -0.491 e. The van der Waals surface area contributed by atoms with Gasteiger partial charge >= 0.3 is 12.1 Å². The Labute approximate surface area is 209 Å². The zero-order chi connectivity index (χ0) is 26.3. The molecule has 0 aromatic heterocycles. The first-order valence-corrected chi connectivity index (χ1v) is 11.6. The second-order valence-corrected chi connectivity index (χ2v) is 7.81. The molecule has 2 aromatic carbocycles. The van der Waals surface area contributed by atoms with Gasteiger partial charge in [0.25, 0.3) is 0 Å². The van der Waals surface area contributed by atoms with Gasteiger partial charge in [-0.25, -0.2) is 18.4 Å². The monoisotopic (exact) mass is 503 g/mol. The molecule has 0 radical (unpaired) electrons. The van der Waals surface area contributed by atoms with Crippen molar-refractivity contribution in [2.45, 2.75) is 32.8 Å². The third-order valence-corrected chi connectivity index (χ3v) is 5.04. The van der Waals surface area contributed by atoms with Gasteiger partial charge in [0.1, 0.15) is 30.1 Å². The van der Waals surface area contributed by atoms with Crippen molar-refractivity contribution in [2.24, 2.45) is 5.92 Å². The van der Waals surface area contributed by atoms with E-state index in [2.05, 4.69) is 5.32 Å². The lowest BCUT2D eigenvalue weighted by atomic mass is 9.93. The zero-order valence-electron chi connectivity index (χ0n) is 20.3. The maximum Gasteiger partial charge on any atom is 0.412 e. The summed E-state index contributed by atoms with van der Waals surface area (Å²) in [6.07, 6.45) is 6.24. The van der Waals surface area contributed by atoms with E-state index in [-0.39, 0.29) is 24.8 Å². The molecular weight excluding hydrogens is 472 g/mol. The van der Waals surface area contributed by atoms with E-state index in [4.69, 9.17) is 19.3 Å². The summed E-state index contributed by atoms with van der Waals surface area (Å²) < 4.78 is 43.0. The minimum atomic E-state index is -0.914. The molecule has 9 heteroatoms. The highest BCUT2D eigenvalue weighted by atomic mass is 19.1. The molecule has 0 saturated carbocycles. The first-order valence-electron chi connectivity index (χ1n) is 11.6. The number of hydrogen-bond donors (Lipinski definition) is 2. The number of nitrogens with one attached hydrogen (secondary N) is 1. The quantitative estimate of drug-likeness (QED) is 0.206. The largest absolute Gasteiger partial charge is 0.491 e. The SMILES string of the molecule is CCOC(=O)/C=C/C=C/CC[C@@H](C)[C@H](OC(=O)Nc1ccc(F)cc1F)c1ccc(OCCO)cc1. The van der Waals surface area contributed by atoms with Crippen LogP contribution in [0.3, 0.4) is 0 Å². The number of anilines is 1. The molecule has 0 heterocycles. The summed E-state index contributed by atoms with van der Waals surface area (Å²) in [7, 11) is 0. The minimum absolute atomic E-state index is 0.118. The highest BCUT2D eigenvalue weighted by Crippen LogP contribution is 2.31. The smallest absolute Gasteiger partial charge is 0.412 e. The van der Waals surface area contributed by atoms with Crippen molar-refractivity contribution in [3.63, 3.8) is 0 Å². The van der Waals surface area contributed by atoms with Gasteiger partial charge in [-0.15, -0.1) is 0 Å². The predicted octanol–water partition coefficient (Wildman–Crippen LogP) is 5.72. The number of esters is 1. The number of rotatable bonds is 13. The number of carbonyl (C=O) groups is 2. The fourth-order valence-electron chi connectivity index (χ4n) is 3.29. The van der Waals surface area contributed by atoms with Crippen molar-refractivity contribution >= 4 is 17.7 Å². The van der Waals surface area contributed by atoms with E-state index in [1.807, 2.05) is 13.0 Å². The van der Waals surface area contributed by atoms with Gasteiger partial charge in [-0.05, 0) is 55.5 Å². The lowest BCUT2D eigenvalue weighted by Crippen LogP contribution is -2.22. The Bertz CT molecular complexity index is 1040. The number of amides is 1. The van der Waals surface area contributed by atoms with Crippen LogP contribution in [0.25, 0.3) is 0 Å². The van der Waals surface area contributed by atoms with Gasteiger partial charge in [-0.3, -0.25) is 5.32 Å². The standard InChI is InChI=1S/C27H31F2NO6/c1-3-34-25(32)9-7-5-4-6-8-19(2)26(20-10-13-22(14-11-20)35-17-16-31)36-27(33)30-24-15-12-21(28)18-23(24)29/h4-5,7,9-15,18-19,26,31H,3,6,8,16-17H2,1-2H3,(H,30,33)/b5-4+,9-7+/t19-,26+/m1/s1. The van der Waals surface area contributed by atoms with E-state index < -0.39 is 29.8 Å². The first-order chi connectivity index (χ1) is 17.3. The maximum atomic E-state index is 14.0. The third kappa shape index (κ3) is 9.87. The Kier molecular flexibility index (Phi) is 12.1. The van der Waals surface area contributed by atoms with Gasteiger partial charge in [-0.2, -0.15) is 0 Å². The number of halogens is 2. The zero-order valence-corrected chi connectivity index (χ0v) is 20.3. The first kappa shape index (κ1) is 28.5. The number of aliphatic hydroxyl groups excluding tert-OH is 1. The van der Waals surface area contributed by atoms with Crippen molar-refractivity contribution in [3.05, 3.63) is 84.0 Å². The molecule has 36 heavy (non-hydrogen) atoms. The Morgan fingerprint density at radius 1 is 1.11 bits per heavy atom. The molecule has 2 rings (SSSR count). The van der Waals surface area contributed by atoms with Gasteiger partial charge in [0.15, 0.2) is 0 Å². The molecule has 0 spiro atoms. The number of benzene rings is 2. The molecular formula is C27H31F2NO6. The van der Waals surface area contributed by atoms with Crippen molar-refractivity contribution in [2.75, 3.05) is 25.1 Å².